The lowest BCUT2D eigenvalue weighted by atomic mass is 9.93. The fraction of sp³-hybridized carbons (Fsp3) is 0.375. The van der Waals surface area contributed by atoms with Crippen molar-refractivity contribution in [1.82, 2.24) is 10.3 Å². The molecule has 0 aliphatic heterocycles. The zero-order chi connectivity index (χ0) is 16.2. The van der Waals surface area contributed by atoms with Crippen molar-refractivity contribution in [3.05, 3.63) is 35.8 Å². The molecule has 5 nitrogen and oxygen atoms in total. The standard InChI is InChI=1S/C16H21N3O2S/c1-11(2)16(3,21)10-18-15(20)19-13-6-4-5-12(9-13)14-17-7-8-22-14/h4-9,11,21H,10H2,1-3H3,(H2,18,19,20). The van der Waals surface area contributed by atoms with Crippen LogP contribution >= 0.6 is 11.3 Å². The minimum atomic E-state index is -0.930. The Morgan fingerprint density at radius 3 is 2.86 bits per heavy atom. The summed E-state index contributed by atoms with van der Waals surface area (Å²) in [4.78, 5) is 16.2. The zero-order valence-corrected chi connectivity index (χ0v) is 13.8. The number of benzene rings is 1. The maximum atomic E-state index is 11.9. The van der Waals surface area contributed by atoms with Gasteiger partial charge in [-0.1, -0.05) is 26.0 Å². The van der Waals surface area contributed by atoms with E-state index in [9.17, 15) is 9.90 Å². The van der Waals surface area contributed by atoms with Crippen LogP contribution in [-0.4, -0.2) is 28.3 Å². The van der Waals surface area contributed by atoms with Gasteiger partial charge in [-0.25, -0.2) is 9.78 Å². The molecule has 1 atom stereocenters. The van der Waals surface area contributed by atoms with Crippen molar-refractivity contribution >= 4 is 23.1 Å². The summed E-state index contributed by atoms with van der Waals surface area (Å²) in [7, 11) is 0. The van der Waals surface area contributed by atoms with Crippen molar-refractivity contribution in [3.63, 3.8) is 0 Å². The molecule has 0 fully saturated rings. The van der Waals surface area contributed by atoms with Gasteiger partial charge in [-0.05, 0) is 25.0 Å². The SMILES string of the molecule is CC(C)C(C)(O)CNC(=O)Nc1cccc(-c2nccs2)c1. The molecule has 1 heterocycles. The monoisotopic (exact) mass is 319 g/mol. The van der Waals surface area contributed by atoms with E-state index < -0.39 is 5.60 Å². The van der Waals surface area contributed by atoms with Gasteiger partial charge in [-0.2, -0.15) is 0 Å². The molecule has 6 heteroatoms. The van der Waals surface area contributed by atoms with Crippen LogP contribution in [0.1, 0.15) is 20.8 Å². The zero-order valence-electron chi connectivity index (χ0n) is 13.0. The summed E-state index contributed by atoms with van der Waals surface area (Å²) < 4.78 is 0. The number of hydrogen-bond acceptors (Lipinski definition) is 4. The molecule has 0 aliphatic rings. The Balaban J connectivity index is 1.96. The fourth-order valence-corrected chi connectivity index (χ4v) is 2.37. The lowest BCUT2D eigenvalue weighted by molar-refractivity contribution is 0.0170. The molecule has 118 valence electrons. The van der Waals surface area contributed by atoms with Crippen LogP contribution in [0.4, 0.5) is 10.5 Å². The van der Waals surface area contributed by atoms with Crippen LogP contribution in [0.15, 0.2) is 35.8 Å². The first-order valence-electron chi connectivity index (χ1n) is 7.15. The van der Waals surface area contributed by atoms with Gasteiger partial charge in [-0.3, -0.25) is 0 Å². The average Bonchev–Trinajstić information content (AvgIpc) is 2.99. The van der Waals surface area contributed by atoms with Crippen molar-refractivity contribution in [2.24, 2.45) is 5.92 Å². The van der Waals surface area contributed by atoms with Crippen LogP contribution in [0.25, 0.3) is 10.6 Å². The van der Waals surface area contributed by atoms with Crippen molar-refractivity contribution in [2.45, 2.75) is 26.4 Å². The molecular weight excluding hydrogens is 298 g/mol. The third-order valence-corrected chi connectivity index (χ3v) is 4.47. The van der Waals surface area contributed by atoms with Gasteiger partial charge in [0.25, 0.3) is 0 Å². The van der Waals surface area contributed by atoms with E-state index in [2.05, 4.69) is 15.6 Å². The van der Waals surface area contributed by atoms with Gasteiger partial charge in [0.1, 0.15) is 5.01 Å². The predicted octanol–water partition coefficient (Wildman–Crippen LogP) is 3.34. The predicted molar refractivity (Wildman–Crippen MR) is 90.0 cm³/mol. The van der Waals surface area contributed by atoms with E-state index in [1.165, 1.54) is 0 Å². The molecule has 0 radical (unpaired) electrons. The van der Waals surface area contributed by atoms with Crippen molar-refractivity contribution in [3.8, 4) is 10.6 Å². The Labute approximate surface area is 134 Å². The van der Waals surface area contributed by atoms with Gasteiger partial charge >= 0.3 is 6.03 Å². The topological polar surface area (TPSA) is 74.2 Å². The summed E-state index contributed by atoms with van der Waals surface area (Å²) in [6, 6.07) is 7.18. The molecule has 0 aliphatic carbocycles. The number of rotatable bonds is 5. The van der Waals surface area contributed by atoms with E-state index in [4.69, 9.17) is 0 Å². The van der Waals surface area contributed by atoms with E-state index >= 15 is 0 Å². The number of hydrogen-bond donors (Lipinski definition) is 3. The van der Waals surface area contributed by atoms with E-state index in [1.807, 2.05) is 43.5 Å². The smallest absolute Gasteiger partial charge is 0.319 e. The van der Waals surface area contributed by atoms with Crippen LogP contribution in [0.5, 0.6) is 0 Å². The number of amides is 2. The number of nitrogens with zero attached hydrogens (tertiary/aromatic N) is 1. The van der Waals surface area contributed by atoms with Gasteiger partial charge in [-0.15, -0.1) is 11.3 Å². The molecule has 2 rings (SSSR count). The lowest BCUT2D eigenvalue weighted by Gasteiger charge is -2.27. The maximum absolute atomic E-state index is 11.9. The number of aliphatic hydroxyl groups is 1. The van der Waals surface area contributed by atoms with Crippen LogP contribution < -0.4 is 10.6 Å². The summed E-state index contributed by atoms with van der Waals surface area (Å²) in [5, 5.41) is 18.4. The van der Waals surface area contributed by atoms with Crippen molar-refractivity contribution in [1.29, 1.82) is 0 Å². The third kappa shape index (κ3) is 4.29. The van der Waals surface area contributed by atoms with E-state index in [0.717, 1.165) is 10.6 Å². The Morgan fingerprint density at radius 2 is 2.23 bits per heavy atom. The second-order valence-corrected chi connectivity index (χ2v) is 6.63. The molecule has 0 spiro atoms. The normalized spacial score (nSPS) is 13.7. The molecule has 1 aromatic heterocycles. The number of nitrogens with one attached hydrogen (secondary N) is 2. The molecule has 22 heavy (non-hydrogen) atoms. The highest BCUT2D eigenvalue weighted by atomic mass is 32.1. The Bertz CT molecular complexity index is 624. The second-order valence-electron chi connectivity index (χ2n) is 5.74. The molecule has 0 saturated carbocycles. The molecule has 0 bridgehead atoms. The highest BCUT2D eigenvalue weighted by Gasteiger charge is 2.25. The highest BCUT2D eigenvalue weighted by Crippen LogP contribution is 2.24. The number of aromatic nitrogens is 1. The Hall–Kier alpha value is -1.92. The van der Waals surface area contributed by atoms with E-state index in [0.29, 0.717) is 5.69 Å². The quantitative estimate of drug-likeness (QED) is 0.791. The van der Waals surface area contributed by atoms with E-state index in [-0.39, 0.29) is 18.5 Å². The van der Waals surface area contributed by atoms with Crippen LogP contribution in [0.3, 0.4) is 0 Å². The third-order valence-electron chi connectivity index (χ3n) is 3.65. The summed E-state index contributed by atoms with van der Waals surface area (Å²) in [5.41, 5.74) is 0.719. The van der Waals surface area contributed by atoms with Crippen LogP contribution in [0, 0.1) is 5.92 Å². The molecule has 2 amide bonds. The molecular formula is C16H21N3O2S. The minimum absolute atomic E-state index is 0.0565. The molecule has 1 aromatic carbocycles. The van der Waals surface area contributed by atoms with Crippen LogP contribution in [0.2, 0.25) is 0 Å². The van der Waals surface area contributed by atoms with Crippen molar-refractivity contribution in [2.75, 3.05) is 11.9 Å². The number of carbonyl (C=O) groups excluding carboxylic acids is 1. The van der Waals surface area contributed by atoms with E-state index in [1.54, 1.807) is 24.5 Å². The minimum Gasteiger partial charge on any atom is -0.388 e. The summed E-state index contributed by atoms with van der Waals surface area (Å²) in [5.74, 6) is 0.0565. The molecule has 1 unspecified atom stereocenters. The van der Waals surface area contributed by atoms with Crippen LogP contribution in [-0.2, 0) is 0 Å². The maximum Gasteiger partial charge on any atom is 0.319 e. The first-order valence-corrected chi connectivity index (χ1v) is 8.03. The van der Waals surface area contributed by atoms with Gasteiger partial charge in [0.05, 0.1) is 5.60 Å². The number of carbonyl (C=O) groups is 1. The van der Waals surface area contributed by atoms with Gasteiger partial charge < -0.3 is 15.7 Å². The van der Waals surface area contributed by atoms with Gasteiger partial charge in [0.15, 0.2) is 0 Å². The molecule has 3 N–H and O–H groups in total. The lowest BCUT2D eigenvalue weighted by Crippen LogP contribution is -2.45. The number of thiazole rings is 1. The number of urea groups is 1. The van der Waals surface area contributed by atoms with Crippen molar-refractivity contribution < 1.29 is 9.90 Å². The number of anilines is 1. The first kappa shape index (κ1) is 16.5. The highest BCUT2D eigenvalue weighted by molar-refractivity contribution is 7.13. The average molecular weight is 319 g/mol. The first-order chi connectivity index (χ1) is 10.4. The Morgan fingerprint density at radius 1 is 1.45 bits per heavy atom. The second kappa shape index (κ2) is 6.89. The summed E-state index contributed by atoms with van der Waals surface area (Å²) >= 11 is 1.55. The molecule has 2 aromatic rings. The van der Waals surface area contributed by atoms with Gasteiger partial charge in [0.2, 0.25) is 0 Å². The largest absolute Gasteiger partial charge is 0.388 e. The summed E-state index contributed by atoms with van der Waals surface area (Å²) in [6.45, 7) is 5.73. The van der Waals surface area contributed by atoms with Gasteiger partial charge in [0, 0.05) is 29.4 Å². The summed E-state index contributed by atoms with van der Waals surface area (Å²) in [6.07, 6.45) is 1.75. The Kier molecular flexibility index (Phi) is 5.15. The fourth-order valence-electron chi connectivity index (χ4n) is 1.73. The molecule has 0 saturated heterocycles.